The van der Waals surface area contributed by atoms with Crippen molar-refractivity contribution in [2.45, 2.75) is 31.4 Å². The zero-order chi connectivity index (χ0) is 23.6. The maximum Gasteiger partial charge on any atom is 0.308 e. The van der Waals surface area contributed by atoms with E-state index in [0.717, 1.165) is 12.8 Å². The fourth-order valence-electron chi connectivity index (χ4n) is 3.53. The first-order valence-corrected chi connectivity index (χ1v) is 11.3. The number of hydrogen-bond acceptors (Lipinski definition) is 8. The van der Waals surface area contributed by atoms with Crippen LogP contribution >= 0.6 is 12.2 Å². The summed E-state index contributed by atoms with van der Waals surface area (Å²) in [5.41, 5.74) is 0.380. The Kier molecular flexibility index (Phi) is 9.40. The van der Waals surface area contributed by atoms with Gasteiger partial charge in [-0.25, -0.2) is 0 Å². The van der Waals surface area contributed by atoms with Gasteiger partial charge in [-0.15, -0.1) is 0 Å². The van der Waals surface area contributed by atoms with Crippen molar-refractivity contribution in [3.8, 4) is 5.75 Å². The van der Waals surface area contributed by atoms with Crippen LogP contribution in [0.1, 0.15) is 29.6 Å². The van der Waals surface area contributed by atoms with Crippen LogP contribution in [0.25, 0.3) is 0 Å². The molecule has 33 heavy (non-hydrogen) atoms. The quantitative estimate of drug-likeness (QED) is 0.299. The fourth-order valence-corrected chi connectivity index (χ4v) is 3.84. The van der Waals surface area contributed by atoms with Crippen molar-refractivity contribution < 1.29 is 33.3 Å². The molecular formula is C22H29N3O7S. The second-order valence-electron chi connectivity index (χ2n) is 7.65. The van der Waals surface area contributed by atoms with Gasteiger partial charge in [-0.3, -0.25) is 19.7 Å². The maximum absolute atomic E-state index is 12.6. The Labute approximate surface area is 197 Å². The Morgan fingerprint density at radius 1 is 1.27 bits per heavy atom. The van der Waals surface area contributed by atoms with Gasteiger partial charge in [0.15, 0.2) is 5.11 Å². The summed E-state index contributed by atoms with van der Waals surface area (Å²) in [5, 5.41) is 5.44. The van der Waals surface area contributed by atoms with Gasteiger partial charge in [0.1, 0.15) is 25.0 Å². The highest BCUT2D eigenvalue weighted by Gasteiger charge is 2.34. The molecular weight excluding hydrogens is 450 g/mol. The monoisotopic (exact) mass is 479 g/mol. The maximum atomic E-state index is 12.6. The second-order valence-corrected chi connectivity index (χ2v) is 8.03. The average molecular weight is 480 g/mol. The van der Waals surface area contributed by atoms with Gasteiger partial charge >= 0.3 is 5.97 Å². The van der Waals surface area contributed by atoms with Gasteiger partial charge in [-0.2, -0.15) is 0 Å². The minimum atomic E-state index is -0.861. The van der Waals surface area contributed by atoms with Crippen molar-refractivity contribution in [3.05, 3.63) is 29.8 Å². The summed E-state index contributed by atoms with van der Waals surface area (Å²) in [4.78, 5) is 38.9. The van der Waals surface area contributed by atoms with Crippen LogP contribution in [0.2, 0.25) is 0 Å². The number of benzene rings is 1. The summed E-state index contributed by atoms with van der Waals surface area (Å²) in [7, 11) is 1.59. The molecule has 3 rings (SSSR count). The third kappa shape index (κ3) is 7.37. The summed E-state index contributed by atoms with van der Waals surface area (Å²) in [6.45, 7) is 2.41. The van der Waals surface area contributed by atoms with E-state index in [4.69, 9.17) is 31.2 Å². The van der Waals surface area contributed by atoms with Gasteiger partial charge in [0.25, 0.3) is 5.91 Å². The first-order chi connectivity index (χ1) is 16.0. The van der Waals surface area contributed by atoms with Crippen LogP contribution in [-0.2, 0) is 23.8 Å². The van der Waals surface area contributed by atoms with Crippen molar-refractivity contribution in [1.82, 2.24) is 15.5 Å². The van der Waals surface area contributed by atoms with Gasteiger partial charge in [0.2, 0.25) is 5.91 Å². The summed E-state index contributed by atoms with van der Waals surface area (Å²) < 4.78 is 21.1. The normalized spacial score (nSPS) is 20.2. The predicted octanol–water partition coefficient (Wildman–Crippen LogP) is 0.639. The zero-order valence-corrected chi connectivity index (χ0v) is 19.4. The Hall–Kier alpha value is -2.76. The van der Waals surface area contributed by atoms with E-state index in [1.54, 1.807) is 36.3 Å². The molecule has 0 bridgehead atoms. The molecule has 0 saturated carbocycles. The number of amides is 2. The van der Waals surface area contributed by atoms with Crippen LogP contribution in [0.4, 0.5) is 0 Å². The number of methoxy groups -OCH3 is 1. The molecule has 2 N–H and O–H groups in total. The highest BCUT2D eigenvalue weighted by Crippen LogP contribution is 2.15. The number of carbonyl (C=O) groups excluding carboxylic acids is 3. The smallest absolute Gasteiger partial charge is 0.308 e. The van der Waals surface area contributed by atoms with E-state index in [1.807, 2.05) is 0 Å². The summed E-state index contributed by atoms with van der Waals surface area (Å²) in [6.07, 6.45) is 1.52. The molecule has 0 spiro atoms. The summed E-state index contributed by atoms with van der Waals surface area (Å²) in [6, 6.07) is 5.72. The summed E-state index contributed by atoms with van der Waals surface area (Å²) >= 11 is 5.38. The highest BCUT2D eigenvalue weighted by atomic mass is 32.1. The highest BCUT2D eigenvalue weighted by molar-refractivity contribution is 7.80. The number of nitrogens with zero attached hydrogens (tertiary/aromatic N) is 1. The molecule has 1 aromatic carbocycles. The number of rotatable bonds is 9. The Balaban J connectivity index is 1.54. The van der Waals surface area contributed by atoms with Crippen LogP contribution in [0.3, 0.4) is 0 Å². The van der Waals surface area contributed by atoms with Gasteiger partial charge in [-0.1, -0.05) is 0 Å². The molecule has 1 aromatic rings. The largest absolute Gasteiger partial charge is 0.491 e. The van der Waals surface area contributed by atoms with E-state index in [1.165, 1.54) is 0 Å². The average Bonchev–Trinajstić information content (AvgIpc) is 3.33. The number of piperazine rings is 1. The van der Waals surface area contributed by atoms with E-state index in [0.29, 0.717) is 44.2 Å². The van der Waals surface area contributed by atoms with Gasteiger partial charge in [0, 0.05) is 32.4 Å². The molecule has 2 fully saturated rings. The lowest BCUT2D eigenvalue weighted by molar-refractivity contribution is -0.150. The molecule has 0 radical (unpaired) electrons. The predicted molar refractivity (Wildman–Crippen MR) is 122 cm³/mol. The Bertz CT molecular complexity index is 843. The van der Waals surface area contributed by atoms with E-state index >= 15 is 0 Å². The molecule has 0 aromatic heterocycles. The molecule has 2 atom stereocenters. The minimum absolute atomic E-state index is 0.0761. The fraction of sp³-hybridized carbons (Fsp3) is 0.545. The van der Waals surface area contributed by atoms with Crippen molar-refractivity contribution >= 4 is 35.1 Å². The van der Waals surface area contributed by atoms with Crippen LogP contribution in [0.5, 0.6) is 5.75 Å². The molecule has 2 aliphatic heterocycles. The zero-order valence-electron chi connectivity index (χ0n) is 18.5. The van der Waals surface area contributed by atoms with E-state index in [9.17, 15) is 14.4 Å². The second kappa shape index (κ2) is 12.5. The molecule has 11 heteroatoms. The van der Waals surface area contributed by atoms with E-state index in [2.05, 4.69) is 10.6 Å². The number of hydrogen-bond donors (Lipinski definition) is 2. The third-order valence-electron chi connectivity index (χ3n) is 5.30. The standard InChI is InChI=1S/C22H29N3O7S/c1-29-11-12-31-16-6-4-15(5-7-16)20(27)24-22(33)25-9-8-23-21(28)18(25)13-19(26)32-14-17-3-2-10-30-17/h4-7,17-18H,2-3,8-14H2,1H3,(H,23,28)(H,24,27,33). The first kappa shape index (κ1) is 24.9. The lowest BCUT2D eigenvalue weighted by Crippen LogP contribution is -2.60. The summed E-state index contributed by atoms with van der Waals surface area (Å²) in [5.74, 6) is -0.671. The van der Waals surface area contributed by atoms with Crippen LogP contribution in [-0.4, -0.2) is 86.6 Å². The van der Waals surface area contributed by atoms with Crippen LogP contribution in [0, 0.1) is 0 Å². The molecule has 2 heterocycles. The molecule has 2 amide bonds. The van der Waals surface area contributed by atoms with Gasteiger partial charge < -0.3 is 29.2 Å². The minimum Gasteiger partial charge on any atom is -0.491 e. The van der Waals surface area contributed by atoms with Crippen molar-refractivity contribution in [2.75, 3.05) is 46.6 Å². The number of thiocarbonyl (C=S) groups is 1. The number of carbonyl (C=O) groups is 3. The van der Waals surface area contributed by atoms with Crippen LogP contribution in [0.15, 0.2) is 24.3 Å². The van der Waals surface area contributed by atoms with Gasteiger partial charge in [-0.05, 0) is 49.3 Å². The van der Waals surface area contributed by atoms with Crippen molar-refractivity contribution in [2.24, 2.45) is 0 Å². The van der Waals surface area contributed by atoms with Crippen LogP contribution < -0.4 is 15.4 Å². The third-order valence-corrected chi connectivity index (χ3v) is 5.64. The van der Waals surface area contributed by atoms with Gasteiger partial charge in [0.05, 0.1) is 19.1 Å². The lowest BCUT2D eigenvalue weighted by atomic mass is 10.1. The molecule has 2 aliphatic rings. The Morgan fingerprint density at radius 3 is 2.76 bits per heavy atom. The number of ether oxygens (including phenoxy) is 4. The molecule has 10 nitrogen and oxygen atoms in total. The van der Waals surface area contributed by atoms with E-state index < -0.39 is 17.9 Å². The molecule has 2 saturated heterocycles. The topological polar surface area (TPSA) is 115 Å². The molecule has 2 unspecified atom stereocenters. The Morgan fingerprint density at radius 2 is 2.06 bits per heavy atom. The number of nitrogens with one attached hydrogen (secondary N) is 2. The van der Waals surface area contributed by atoms with E-state index in [-0.39, 0.29) is 30.2 Å². The first-order valence-electron chi connectivity index (χ1n) is 10.9. The lowest BCUT2D eigenvalue weighted by Gasteiger charge is -2.36. The van der Waals surface area contributed by atoms with Crippen molar-refractivity contribution in [3.63, 3.8) is 0 Å². The number of esters is 1. The molecule has 0 aliphatic carbocycles. The molecule has 180 valence electrons. The van der Waals surface area contributed by atoms with Crippen molar-refractivity contribution in [1.29, 1.82) is 0 Å². The SMILES string of the molecule is COCCOc1ccc(C(=O)NC(=S)N2CCNC(=O)C2CC(=O)OCC2CCCO2)cc1.